The summed E-state index contributed by atoms with van der Waals surface area (Å²) in [6.07, 6.45) is 1.13. The van der Waals surface area contributed by atoms with Gasteiger partial charge in [0.2, 0.25) is 5.91 Å². The minimum absolute atomic E-state index is 0.185. The zero-order valence-electron chi connectivity index (χ0n) is 14.2. The van der Waals surface area contributed by atoms with E-state index in [1.54, 1.807) is 13.8 Å². The predicted octanol–water partition coefficient (Wildman–Crippen LogP) is 2.71. The fraction of sp³-hybridized carbons (Fsp3) is 0.529. The number of esters is 1. The number of nitrogens with zero attached hydrogens (tertiary/aromatic N) is 1. The number of anilines is 1. The Labute approximate surface area is 144 Å². The van der Waals surface area contributed by atoms with E-state index in [2.05, 4.69) is 5.32 Å². The minimum Gasteiger partial charge on any atom is -0.466 e. The number of likely N-dealkylation sites (tertiary alicyclic amines) is 1. The number of hydrogen-bond acceptors (Lipinski definition) is 4. The highest BCUT2D eigenvalue weighted by Gasteiger charge is 2.30. The molecule has 1 aromatic carbocycles. The number of rotatable bonds is 5. The van der Waals surface area contributed by atoms with Crippen LogP contribution in [0.25, 0.3) is 0 Å². The van der Waals surface area contributed by atoms with Gasteiger partial charge >= 0.3 is 5.97 Å². The molecule has 1 N–H and O–H groups in total. The molecule has 0 bridgehead atoms. The Morgan fingerprint density at radius 2 is 1.88 bits per heavy atom. The van der Waals surface area contributed by atoms with Crippen molar-refractivity contribution in [3.63, 3.8) is 0 Å². The van der Waals surface area contributed by atoms with Crippen molar-refractivity contribution in [1.29, 1.82) is 0 Å². The molecule has 1 aliphatic rings. The SMILES string of the molecule is CCOC(=O)C1CCN([C@H](C)C(=O)Nc2ccc(F)c(F)c2F)CC1. The summed E-state index contributed by atoms with van der Waals surface area (Å²) in [4.78, 5) is 25.8. The van der Waals surface area contributed by atoms with Gasteiger partial charge in [-0.15, -0.1) is 0 Å². The summed E-state index contributed by atoms with van der Waals surface area (Å²) < 4.78 is 44.8. The van der Waals surface area contributed by atoms with Crippen LogP contribution in [0, 0.1) is 23.4 Å². The molecule has 1 aliphatic heterocycles. The molecule has 1 atom stereocenters. The number of carbonyl (C=O) groups excluding carboxylic acids is 2. The van der Waals surface area contributed by atoms with E-state index in [0.29, 0.717) is 32.5 Å². The van der Waals surface area contributed by atoms with Gasteiger partial charge in [0.25, 0.3) is 0 Å². The molecule has 1 saturated heterocycles. The molecule has 5 nitrogen and oxygen atoms in total. The Hall–Kier alpha value is -2.09. The number of piperidine rings is 1. The van der Waals surface area contributed by atoms with Gasteiger partial charge in [-0.1, -0.05) is 0 Å². The summed E-state index contributed by atoms with van der Waals surface area (Å²) >= 11 is 0. The molecular weight excluding hydrogens is 337 g/mol. The molecule has 1 aromatic rings. The van der Waals surface area contributed by atoms with Crippen LogP contribution in [-0.2, 0) is 14.3 Å². The third kappa shape index (κ3) is 4.50. The van der Waals surface area contributed by atoms with Crippen molar-refractivity contribution in [3.05, 3.63) is 29.6 Å². The predicted molar refractivity (Wildman–Crippen MR) is 85.3 cm³/mol. The van der Waals surface area contributed by atoms with Crippen molar-refractivity contribution >= 4 is 17.6 Å². The van der Waals surface area contributed by atoms with Gasteiger partial charge in [-0.2, -0.15) is 0 Å². The van der Waals surface area contributed by atoms with Crippen LogP contribution in [0.3, 0.4) is 0 Å². The van der Waals surface area contributed by atoms with Crippen LogP contribution < -0.4 is 5.32 Å². The highest BCUT2D eigenvalue weighted by Crippen LogP contribution is 2.23. The maximum atomic E-state index is 13.6. The lowest BCUT2D eigenvalue weighted by Crippen LogP contribution is -2.47. The number of amides is 1. The molecule has 0 aromatic heterocycles. The van der Waals surface area contributed by atoms with Crippen LogP contribution in [0.1, 0.15) is 26.7 Å². The van der Waals surface area contributed by atoms with Crippen LogP contribution in [0.15, 0.2) is 12.1 Å². The Kier molecular flexibility index (Phi) is 6.41. The van der Waals surface area contributed by atoms with Crippen molar-refractivity contribution in [3.8, 4) is 0 Å². The topological polar surface area (TPSA) is 58.6 Å². The van der Waals surface area contributed by atoms with Crippen molar-refractivity contribution in [1.82, 2.24) is 4.90 Å². The molecule has 0 spiro atoms. The Morgan fingerprint density at radius 3 is 2.48 bits per heavy atom. The third-order valence-electron chi connectivity index (χ3n) is 4.37. The molecule has 0 unspecified atom stereocenters. The molecule has 0 aliphatic carbocycles. The summed E-state index contributed by atoms with van der Waals surface area (Å²) in [6, 6.07) is 1.13. The van der Waals surface area contributed by atoms with Crippen LogP contribution >= 0.6 is 0 Å². The van der Waals surface area contributed by atoms with Gasteiger partial charge in [-0.05, 0) is 51.9 Å². The normalized spacial score (nSPS) is 17.2. The van der Waals surface area contributed by atoms with Crippen LogP contribution in [0.2, 0.25) is 0 Å². The van der Waals surface area contributed by atoms with E-state index in [1.165, 1.54) is 0 Å². The summed E-state index contributed by atoms with van der Waals surface area (Å²) in [5.74, 6) is -5.32. The number of nitrogens with one attached hydrogen (secondary N) is 1. The Bertz CT molecular complexity index is 646. The molecule has 0 radical (unpaired) electrons. The second-order valence-corrected chi connectivity index (χ2v) is 5.95. The molecule has 1 heterocycles. The van der Waals surface area contributed by atoms with Crippen LogP contribution in [-0.4, -0.2) is 42.5 Å². The molecule has 1 fully saturated rings. The van der Waals surface area contributed by atoms with Gasteiger partial charge in [0, 0.05) is 0 Å². The quantitative estimate of drug-likeness (QED) is 0.650. The number of carbonyl (C=O) groups is 2. The molecular formula is C17H21F3N2O3. The fourth-order valence-corrected chi connectivity index (χ4v) is 2.81. The van der Waals surface area contributed by atoms with Gasteiger partial charge in [0.05, 0.1) is 24.3 Å². The molecule has 2 rings (SSSR count). The van der Waals surface area contributed by atoms with E-state index in [4.69, 9.17) is 4.74 Å². The van der Waals surface area contributed by atoms with Gasteiger partial charge in [-0.25, -0.2) is 13.2 Å². The minimum atomic E-state index is -1.62. The number of benzene rings is 1. The third-order valence-corrected chi connectivity index (χ3v) is 4.37. The largest absolute Gasteiger partial charge is 0.466 e. The zero-order chi connectivity index (χ0) is 18.6. The van der Waals surface area contributed by atoms with E-state index >= 15 is 0 Å². The average Bonchev–Trinajstić information content (AvgIpc) is 2.61. The summed E-state index contributed by atoms with van der Waals surface area (Å²) in [5.41, 5.74) is -0.405. The first-order chi connectivity index (χ1) is 11.8. The first-order valence-electron chi connectivity index (χ1n) is 8.20. The van der Waals surface area contributed by atoms with Crippen molar-refractivity contribution < 1.29 is 27.5 Å². The molecule has 138 valence electrons. The van der Waals surface area contributed by atoms with Gasteiger partial charge < -0.3 is 10.1 Å². The van der Waals surface area contributed by atoms with Gasteiger partial charge in [0.15, 0.2) is 17.5 Å². The lowest BCUT2D eigenvalue weighted by atomic mass is 9.96. The second-order valence-electron chi connectivity index (χ2n) is 5.95. The molecule has 1 amide bonds. The van der Waals surface area contributed by atoms with Crippen LogP contribution in [0.5, 0.6) is 0 Å². The van der Waals surface area contributed by atoms with Crippen LogP contribution in [0.4, 0.5) is 18.9 Å². The zero-order valence-corrected chi connectivity index (χ0v) is 14.2. The maximum Gasteiger partial charge on any atom is 0.309 e. The molecule has 25 heavy (non-hydrogen) atoms. The highest BCUT2D eigenvalue weighted by atomic mass is 19.2. The van der Waals surface area contributed by atoms with E-state index in [1.807, 2.05) is 4.90 Å². The summed E-state index contributed by atoms with van der Waals surface area (Å²) in [5, 5.41) is 2.28. The monoisotopic (exact) mass is 358 g/mol. The lowest BCUT2D eigenvalue weighted by Gasteiger charge is -2.34. The van der Waals surface area contributed by atoms with E-state index in [-0.39, 0.29) is 11.9 Å². The maximum absolute atomic E-state index is 13.6. The van der Waals surface area contributed by atoms with E-state index < -0.39 is 35.1 Å². The summed E-state index contributed by atoms with van der Waals surface area (Å²) in [7, 11) is 0. The average molecular weight is 358 g/mol. The molecule has 8 heteroatoms. The Morgan fingerprint density at radius 1 is 1.24 bits per heavy atom. The number of hydrogen-bond donors (Lipinski definition) is 1. The van der Waals surface area contributed by atoms with Crippen molar-refractivity contribution in [2.45, 2.75) is 32.7 Å². The fourth-order valence-electron chi connectivity index (χ4n) is 2.81. The molecule has 0 saturated carbocycles. The van der Waals surface area contributed by atoms with Gasteiger partial charge in [0.1, 0.15) is 0 Å². The standard InChI is InChI=1S/C17H21F3N2O3/c1-3-25-17(24)11-6-8-22(9-7-11)10(2)16(23)21-13-5-4-12(18)14(19)15(13)20/h4-5,10-11H,3,6-9H2,1-2H3,(H,21,23)/t10-/m1/s1. The van der Waals surface area contributed by atoms with Gasteiger partial charge in [-0.3, -0.25) is 14.5 Å². The summed E-state index contributed by atoms with van der Waals surface area (Å²) in [6.45, 7) is 4.74. The van der Waals surface area contributed by atoms with E-state index in [9.17, 15) is 22.8 Å². The van der Waals surface area contributed by atoms with Crippen molar-refractivity contribution in [2.24, 2.45) is 5.92 Å². The second kappa shape index (κ2) is 8.33. The smallest absolute Gasteiger partial charge is 0.309 e. The number of ether oxygens (including phenoxy) is 1. The number of halogens is 3. The lowest BCUT2D eigenvalue weighted by molar-refractivity contribution is -0.149. The first kappa shape index (κ1) is 19.2. The first-order valence-corrected chi connectivity index (χ1v) is 8.20. The van der Waals surface area contributed by atoms with E-state index in [0.717, 1.165) is 12.1 Å². The highest BCUT2D eigenvalue weighted by molar-refractivity contribution is 5.94. The van der Waals surface area contributed by atoms with Crippen molar-refractivity contribution in [2.75, 3.05) is 25.0 Å². The Balaban J connectivity index is 1.93.